The lowest BCUT2D eigenvalue weighted by Gasteiger charge is -2.18. The average molecular weight is 297 g/mol. The van der Waals surface area contributed by atoms with Crippen molar-refractivity contribution in [1.29, 1.82) is 0 Å². The number of amides is 2. The van der Waals surface area contributed by atoms with Gasteiger partial charge in [0.15, 0.2) is 0 Å². The molecule has 2 aliphatic rings. The van der Waals surface area contributed by atoms with E-state index in [1.54, 1.807) is 42.4 Å². The molecule has 2 heterocycles. The summed E-state index contributed by atoms with van der Waals surface area (Å²) in [7, 11) is 0. The van der Waals surface area contributed by atoms with Crippen LogP contribution in [0.15, 0.2) is 41.1 Å². The van der Waals surface area contributed by atoms with Gasteiger partial charge in [0.2, 0.25) is 5.91 Å². The van der Waals surface area contributed by atoms with Crippen molar-refractivity contribution in [3.05, 3.63) is 47.2 Å². The third-order valence-electron chi connectivity index (χ3n) is 3.76. The van der Waals surface area contributed by atoms with E-state index in [1.807, 2.05) is 0 Å². The zero-order valence-corrected chi connectivity index (χ0v) is 12.0. The van der Waals surface area contributed by atoms with Crippen LogP contribution in [-0.2, 0) is 4.79 Å². The number of hydrogen-bond donors (Lipinski definition) is 2. The number of allylic oxidation sites excluding steroid dienone is 1. The van der Waals surface area contributed by atoms with E-state index in [2.05, 4.69) is 4.99 Å². The predicted molar refractivity (Wildman–Crippen MR) is 82.0 cm³/mol. The van der Waals surface area contributed by atoms with Gasteiger partial charge in [-0.05, 0) is 30.5 Å². The largest absolute Gasteiger partial charge is 0.505 e. The Morgan fingerprint density at radius 2 is 2.27 bits per heavy atom. The van der Waals surface area contributed by atoms with Crippen LogP contribution in [0.4, 0.5) is 5.69 Å². The summed E-state index contributed by atoms with van der Waals surface area (Å²) in [4.78, 5) is 29.3. The summed E-state index contributed by atoms with van der Waals surface area (Å²) in [5.41, 5.74) is 7.24. The Labute approximate surface area is 127 Å². The summed E-state index contributed by atoms with van der Waals surface area (Å²) in [6, 6.07) is 3.12. The molecule has 1 unspecified atom stereocenters. The molecule has 2 amide bonds. The number of aromatic hydroxyl groups is 1. The number of primary amides is 1. The first-order valence-corrected chi connectivity index (χ1v) is 6.85. The minimum atomic E-state index is -0.534. The minimum Gasteiger partial charge on any atom is -0.505 e. The molecule has 0 aliphatic carbocycles. The number of aryl methyl sites for hydroxylation is 1. The van der Waals surface area contributed by atoms with Crippen molar-refractivity contribution < 1.29 is 14.7 Å². The molecule has 0 fully saturated rings. The quantitative estimate of drug-likeness (QED) is 0.811. The van der Waals surface area contributed by atoms with Gasteiger partial charge >= 0.3 is 0 Å². The third-order valence-corrected chi connectivity index (χ3v) is 3.76. The van der Waals surface area contributed by atoms with E-state index in [4.69, 9.17) is 5.73 Å². The van der Waals surface area contributed by atoms with Crippen LogP contribution in [0.5, 0.6) is 5.75 Å². The molecule has 1 aromatic rings. The van der Waals surface area contributed by atoms with E-state index < -0.39 is 5.91 Å². The Morgan fingerprint density at radius 1 is 1.50 bits per heavy atom. The highest BCUT2D eigenvalue weighted by molar-refractivity contribution is 6.05. The fourth-order valence-corrected chi connectivity index (χ4v) is 2.58. The SMILES string of the molecule is Cc1ccc2c(c1O)N=CC1CC(/C=C/C(N)=O)=CN1C2=O. The van der Waals surface area contributed by atoms with Crippen molar-refractivity contribution >= 4 is 23.7 Å². The minimum absolute atomic E-state index is 0.0288. The molecular weight excluding hydrogens is 282 g/mol. The smallest absolute Gasteiger partial charge is 0.260 e. The molecule has 1 aromatic carbocycles. The zero-order chi connectivity index (χ0) is 15.9. The van der Waals surface area contributed by atoms with Gasteiger partial charge in [-0.1, -0.05) is 12.1 Å². The normalized spacial score (nSPS) is 19.9. The Hall–Kier alpha value is -2.89. The van der Waals surface area contributed by atoms with Crippen LogP contribution in [0, 0.1) is 6.92 Å². The van der Waals surface area contributed by atoms with Crippen molar-refractivity contribution in [1.82, 2.24) is 4.90 Å². The lowest BCUT2D eigenvalue weighted by molar-refractivity contribution is -0.113. The van der Waals surface area contributed by atoms with Crippen LogP contribution in [0.25, 0.3) is 0 Å². The fourth-order valence-electron chi connectivity index (χ4n) is 2.58. The van der Waals surface area contributed by atoms with E-state index in [9.17, 15) is 14.7 Å². The first-order chi connectivity index (χ1) is 10.5. The average Bonchev–Trinajstić information content (AvgIpc) is 2.84. The van der Waals surface area contributed by atoms with E-state index in [-0.39, 0.29) is 17.7 Å². The Balaban J connectivity index is 1.99. The van der Waals surface area contributed by atoms with Gasteiger partial charge in [-0.15, -0.1) is 0 Å². The number of nitrogens with zero attached hydrogens (tertiary/aromatic N) is 2. The predicted octanol–water partition coefficient (Wildman–Crippen LogP) is 1.56. The Kier molecular flexibility index (Phi) is 3.29. The number of aliphatic imine (C=N–C) groups is 1. The number of carbonyl (C=O) groups is 2. The molecule has 0 radical (unpaired) electrons. The summed E-state index contributed by atoms with van der Waals surface area (Å²) < 4.78 is 0. The van der Waals surface area contributed by atoms with Crippen molar-refractivity contribution in [2.45, 2.75) is 19.4 Å². The first-order valence-electron chi connectivity index (χ1n) is 6.85. The topological polar surface area (TPSA) is 96.0 Å². The van der Waals surface area contributed by atoms with Crippen LogP contribution in [0.1, 0.15) is 22.3 Å². The first kappa shape index (κ1) is 14.1. The van der Waals surface area contributed by atoms with Crippen LogP contribution in [-0.4, -0.2) is 34.1 Å². The molecule has 6 heteroatoms. The number of phenolic OH excluding ortho intramolecular Hbond substituents is 1. The van der Waals surface area contributed by atoms with E-state index in [1.165, 1.54) is 6.08 Å². The van der Waals surface area contributed by atoms with Gasteiger partial charge < -0.3 is 15.7 Å². The molecule has 3 rings (SSSR count). The summed E-state index contributed by atoms with van der Waals surface area (Å²) in [5, 5.41) is 10.1. The number of carbonyl (C=O) groups excluding carboxylic acids is 2. The Morgan fingerprint density at radius 3 is 3.00 bits per heavy atom. The fraction of sp³-hybridized carbons (Fsp3) is 0.188. The second kappa shape index (κ2) is 5.14. The molecule has 2 aliphatic heterocycles. The van der Waals surface area contributed by atoms with Gasteiger partial charge in [-0.3, -0.25) is 14.6 Å². The molecule has 3 N–H and O–H groups in total. The summed E-state index contributed by atoms with van der Waals surface area (Å²) in [6.07, 6.45) is 6.75. The molecule has 22 heavy (non-hydrogen) atoms. The molecule has 0 bridgehead atoms. The highest BCUT2D eigenvalue weighted by Crippen LogP contribution is 2.37. The van der Waals surface area contributed by atoms with E-state index in [0.29, 0.717) is 23.2 Å². The summed E-state index contributed by atoms with van der Waals surface area (Å²) in [5.74, 6) is -0.731. The number of benzene rings is 1. The lowest BCUT2D eigenvalue weighted by atomic mass is 10.1. The molecule has 0 saturated heterocycles. The molecule has 1 atom stereocenters. The van der Waals surface area contributed by atoms with Gasteiger partial charge in [0, 0.05) is 18.5 Å². The standard InChI is InChI=1S/C16H15N3O3/c1-9-2-4-12-14(15(9)21)18-7-11-6-10(3-5-13(17)20)8-19(11)16(12)22/h2-5,7-8,11,21H,6H2,1H3,(H2,17,20)/b5-3+. The summed E-state index contributed by atoms with van der Waals surface area (Å²) >= 11 is 0. The second-order valence-electron chi connectivity index (χ2n) is 5.33. The maximum atomic E-state index is 12.6. The van der Waals surface area contributed by atoms with Gasteiger partial charge in [0.05, 0.1) is 11.6 Å². The highest BCUT2D eigenvalue weighted by atomic mass is 16.3. The van der Waals surface area contributed by atoms with E-state index in [0.717, 1.165) is 5.57 Å². The monoisotopic (exact) mass is 297 g/mol. The van der Waals surface area contributed by atoms with E-state index >= 15 is 0 Å². The molecule has 112 valence electrons. The number of hydrogen-bond acceptors (Lipinski definition) is 4. The van der Waals surface area contributed by atoms with Gasteiger partial charge in [-0.2, -0.15) is 0 Å². The molecule has 6 nitrogen and oxygen atoms in total. The molecular formula is C16H15N3O3. The Bertz CT molecular complexity index is 762. The summed E-state index contributed by atoms with van der Waals surface area (Å²) in [6.45, 7) is 1.76. The maximum absolute atomic E-state index is 12.6. The molecule has 0 saturated carbocycles. The zero-order valence-electron chi connectivity index (χ0n) is 12.0. The number of nitrogens with two attached hydrogens (primary N) is 1. The third kappa shape index (κ3) is 2.28. The number of fused-ring (bicyclic) bond motifs is 2. The van der Waals surface area contributed by atoms with Crippen molar-refractivity contribution in [3.8, 4) is 5.75 Å². The second-order valence-corrected chi connectivity index (χ2v) is 5.33. The van der Waals surface area contributed by atoms with Crippen molar-refractivity contribution in [2.75, 3.05) is 0 Å². The number of phenols is 1. The van der Waals surface area contributed by atoms with Crippen molar-refractivity contribution in [2.24, 2.45) is 10.7 Å². The molecule has 0 spiro atoms. The lowest BCUT2D eigenvalue weighted by Crippen LogP contribution is -2.32. The van der Waals surface area contributed by atoms with Crippen LogP contribution < -0.4 is 5.73 Å². The van der Waals surface area contributed by atoms with Gasteiger partial charge in [0.1, 0.15) is 11.4 Å². The maximum Gasteiger partial charge on any atom is 0.260 e. The van der Waals surface area contributed by atoms with Crippen LogP contribution in [0.3, 0.4) is 0 Å². The van der Waals surface area contributed by atoms with Crippen LogP contribution in [0.2, 0.25) is 0 Å². The van der Waals surface area contributed by atoms with Crippen LogP contribution >= 0.6 is 0 Å². The van der Waals surface area contributed by atoms with Gasteiger partial charge in [0.25, 0.3) is 5.91 Å². The number of rotatable bonds is 2. The highest BCUT2D eigenvalue weighted by Gasteiger charge is 2.32. The van der Waals surface area contributed by atoms with Gasteiger partial charge in [-0.25, -0.2) is 0 Å². The van der Waals surface area contributed by atoms with Crippen molar-refractivity contribution in [3.63, 3.8) is 0 Å². The molecule has 0 aromatic heterocycles.